The molecule has 0 amide bonds. The number of ether oxygens (including phenoxy) is 2. The standard InChI is InChI=1S/C27H24N4O6S/c1-31(15-23(33)36-2)25-21(13-28)24(18-6-8-20(9-7-18)37-11-10-32)22(14-29)26(30-25)38-16-17-4-3-5-19(12-17)27(34)35/h3-9,12,32H,10-11,15-16H2,1-2H3,(H,34,35). The Hall–Kier alpha value is -4.58. The highest BCUT2D eigenvalue weighted by Gasteiger charge is 2.25. The van der Waals surface area contributed by atoms with Gasteiger partial charge in [-0.15, -0.1) is 11.8 Å². The molecule has 3 rings (SSSR count). The molecule has 11 heteroatoms. The molecule has 0 aliphatic carbocycles. The number of aliphatic hydroxyl groups is 1. The molecule has 0 saturated carbocycles. The fourth-order valence-corrected chi connectivity index (χ4v) is 4.52. The number of likely N-dealkylation sites (N-methyl/N-ethyl adjacent to an activating group) is 1. The van der Waals surface area contributed by atoms with Gasteiger partial charge in [0.15, 0.2) is 0 Å². The van der Waals surface area contributed by atoms with Crippen LogP contribution in [-0.4, -0.2) is 61.1 Å². The number of pyridine rings is 1. The van der Waals surface area contributed by atoms with Gasteiger partial charge >= 0.3 is 11.9 Å². The average Bonchev–Trinajstić information content (AvgIpc) is 2.94. The summed E-state index contributed by atoms with van der Waals surface area (Å²) >= 11 is 1.21. The first-order valence-electron chi connectivity index (χ1n) is 11.3. The van der Waals surface area contributed by atoms with E-state index in [1.54, 1.807) is 49.5 Å². The Labute approximate surface area is 223 Å². The van der Waals surface area contributed by atoms with Gasteiger partial charge in [-0.2, -0.15) is 10.5 Å². The second kappa shape index (κ2) is 13.1. The van der Waals surface area contributed by atoms with Gasteiger partial charge in [-0.1, -0.05) is 24.3 Å². The molecule has 3 aromatic rings. The van der Waals surface area contributed by atoms with Crippen LogP contribution >= 0.6 is 11.8 Å². The van der Waals surface area contributed by atoms with Crippen molar-refractivity contribution in [1.29, 1.82) is 10.5 Å². The highest BCUT2D eigenvalue weighted by atomic mass is 32.2. The fraction of sp³-hybridized carbons (Fsp3) is 0.222. The van der Waals surface area contributed by atoms with Crippen LogP contribution in [0, 0.1) is 22.7 Å². The lowest BCUT2D eigenvalue weighted by molar-refractivity contribution is -0.138. The lowest BCUT2D eigenvalue weighted by Crippen LogP contribution is -2.28. The number of carbonyl (C=O) groups excluding carboxylic acids is 1. The fourth-order valence-electron chi connectivity index (χ4n) is 3.59. The van der Waals surface area contributed by atoms with Crippen molar-refractivity contribution in [3.63, 3.8) is 0 Å². The molecule has 0 bridgehead atoms. The van der Waals surface area contributed by atoms with Gasteiger partial charge in [-0.3, -0.25) is 4.79 Å². The van der Waals surface area contributed by atoms with E-state index in [4.69, 9.17) is 14.6 Å². The Morgan fingerprint density at radius 3 is 2.42 bits per heavy atom. The Morgan fingerprint density at radius 2 is 1.82 bits per heavy atom. The third kappa shape index (κ3) is 6.59. The van der Waals surface area contributed by atoms with Gasteiger partial charge in [0.25, 0.3) is 0 Å². The van der Waals surface area contributed by atoms with Gasteiger partial charge in [-0.25, -0.2) is 9.78 Å². The van der Waals surface area contributed by atoms with Crippen LogP contribution in [0.3, 0.4) is 0 Å². The van der Waals surface area contributed by atoms with Crippen molar-refractivity contribution in [2.24, 2.45) is 0 Å². The van der Waals surface area contributed by atoms with Gasteiger partial charge in [0.05, 0.1) is 24.8 Å². The predicted octanol–water partition coefficient (Wildman–Crippen LogP) is 3.46. The summed E-state index contributed by atoms with van der Waals surface area (Å²) in [7, 11) is 2.85. The van der Waals surface area contributed by atoms with Crippen molar-refractivity contribution in [2.75, 3.05) is 38.8 Å². The second-order valence-electron chi connectivity index (χ2n) is 7.91. The molecule has 2 aromatic carbocycles. The van der Waals surface area contributed by atoms with Crippen LogP contribution in [0.15, 0.2) is 53.6 Å². The minimum Gasteiger partial charge on any atom is -0.491 e. The summed E-state index contributed by atoms with van der Waals surface area (Å²) in [5.74, 6) is -0.581. The second-order valence-corrected chi connectivity index (χ2v) is 8.88. The number of hydrogen-bond donors (Lipinski definition) is 2. The molecule has 0 saturated heterocycles. The van der Waals surface area contributed by atoms with E-state index < -0.39 is 11.9 Å². The van der Waals surface area contributed by atoms with Crippen LogP contribution < -0.4 is 9.64 Å². The van der Waals surface area contributed by atoms with E-state index in [0.29, 0.717) is 33.2 Å². The van der Waals surface area contributed by atoms with Crippen LogP contribution in [0.1, 0.15) is 27.0 Å². The van der Waals surface area contributed by atoms with Crippen LogP contribution in [-0.2, 0) is 15.3 Å². The SMILES string of the molecule is COC(=O)CN(C)c1nc(SCc2cccc(C(=O)O)c2)c(C#N)c(-c2ccc(OCCO)cc2)c1C#N. The van der Waals surface area contributed by atoms with Crippen molar-refractivity contribution in [1.82, 2.24) is 4.98 Å². The summed E-state index contributed by atoms with van der Waals surface area (Å²) in [5.41, 5.74) is 2.02. The third-order valence-corrected chi connectivity index (χ3v) is 6.42. The zero-order valence-electron chi connectivity index (χ0n) is 20.7. The first-order chi connectivity index (χ1) is 18.3. The summed E-state index contributed by atoms with van der Waals surface area (Å²) in [6.07, 6.45) is 0. The monoisotopic (exact) mass is 532 g/mol. The zero-order valence-corrected chi connectivity index (χ0v) is 21.5. The van der Waals surface area contributed by atoms with Crippen LogP contribution in [0.4, 0.5) is 5.82 Å². The number of benzene rings is 2. The number of aliphatic hydroxyl groups excluding tert-OH is 1. The van der Waals surface area contributed by atoms with Gasteiger partial charge < -0.3 is 24.6 Å². The average molecular weight is 533 g/mol. The highest BCUT2D eigenvalue weighted by Crippen LogP contribution is 2.39. The maximum Gasteiger partial charge on any atom is 0.335 e. The largest absolute Gasteiger partial charge is 0.491 e. The summed E-state index contributed by atoms with van der Waals surface area (Å²) in [6, 6.07) is 17.5. The molecule has 0 unspecified atom stereocenters. The summed E-state index contributed by atoms with van der Waals surface area (Å²) in [5, 5.41) is 38.9. The van der Waals surface area contributed by atoms with Gasteiger partial charge in [0.1, 0.15) is 47.4 Å². The lowest BCUT2D eigenvalue weighted by Gasteiger charge is -2.22. The van der Waals surface area contributed by atoms with Gasteiger partial charge in [-0.05, 0) is 35.4 Å². The molecule has 0 atom stereocenters. The highest BCUT2D eigenvalue weighted by molar-refractivity contribution is 7.98. The minimum atomic E-state index is -1.05. The van der Waals surface area contributed by atoms with Crippen molar-refractivity contribution in [3.8, 4) is 29.0 Å². The number of aromatic nitrogens is 1. The maximum atomic E-state index is 12.0. The summed E-state index contributed by atoms with van der Waals surface area (Å²) in [4.78, 5) is 29.4. The Balaban J connectivity index is 2.14. The number of nitrogens with zero attached hydrogens (tertiary/aromatic N) is 4. The van der Waals surface area contributed by atoms with Crippen LogP contribution in [0.25, 0.3) is 11.1 Å². The first kappa shape index (κ1) is 28.0. The first-order valence-corrected chi connectivity index (χ1v) is 12.3. The number of esters is 1. The van der Waals surface area contributed by atoms with E-state index in [1.165, 1.54) is 29.8 Å². The Morgan fingerprint density at radius 1 is 1.11 bits per heavy atom. The normalized spacial score (nSPS) is 10.2. The topological polar surface area (TPSA) is 157 Å². The van der Waals surface area contributed by atoms with E-state index in [9.17, 15) is 25.2 Å². The van der Waals surface area contributed by atoms with Crippen LogP contribution in [0.2, 0.25) is 0 Å². The lowest BCUT2D eigenvalue weighted by atomic mass is 9.96. The number of carboxylic acids is 1. The van der Waals surface area contributed by atoms with E-state index in [2.05, 4.69) is 17.1 Å². The molecule has 1 heterocycles. The molecule has 0 fully saturated rings. The minimum absolute atomic E-state index is 0.106. The number of rotatable bonds is 11. The predicted molar refractivity (Wildman–Crippen MR) is 140 cm³/mol. The van der Waals surface area contributed by atoms with E-state index in [-0.39, 0.29) is 42.3 Å². The Bertz CT molecular complexity index is 1410. The number of hydrogen-bond acceptors (Lipinski definition) is 10. The van der Waals surface area contributed by atoms with Crippen LogP contribution in [0.5, 0.6) is 5.75 Å². The molecular weight excluding hydrogens is 508 g/mol. The molecule has 2 N–H and O–H groups in total. The van der Waals surface area contributed by atoms with Gasteiger partial charge in [0.2, 0.25) is 0 Å². The molecule has 0 spiro atoms. The number of carbonyl (C=O) groups is 2. The molecule has 0 radical (unpaired) electrons. The smallest absolute Gasteiger partial charge is 0.335 e. The quantitative estimate of drug-likeness (QED) is 0.275. The molecule has 1 aromatic heterocycles. The molecule has 38 heavy (non-hydrogen) atoms. The number of methoxy groups -OCH3 is 1. The summed E-state index contributed by atoms with van der Waals surface area (Å²) in [6.45, 7) is -0.203. The van der Waals surface area contributed by atoms with E-state index in [1.807, 2.05) is 0 Å². The van der Waals surface area contributed by atoms with Gasteiger partial charge in [0, 0.05) is 18.4 Å². The molecule has 10 nitrogen and oxygen atoms in total. The number of carboxylic acid groups (broad SMARTS) is 1. The van der Waals surface area contributed by atoms with E-state index in [0.717, 1.165) is 0 Å². The maximum absolute atomic E-state index is 12.0. The van der Waals surface area contributed by atoms with Crippen molar-refractivity contribution < 1.29 is 29.3 Å². The number of aromatic carboxylic acids is 1. The molecular formula is C27H24N4O6S. The Kier molecular flexibility index (Phi) is 9.66. The number of thioether (sulfide) groups is 1. The summed E-state index contributed by atoms with van der Waals surface area (Å²) < 4.78 is 10.2. The van der Waals surface area contributed by atoms with Crippen molar-refractivity contribution in [3.05, 3.63) is 70.8 Å². The molecule has 194 valence electrons. The van der Waals surface area contributed by atoms with Crippen molar-refractivity contribution >= 4 is 29.5 Å². The number of nitriles is 2. The van der Waals surface area contributed by atoms with Crippen molar-refractivity contribution in [2.45, 2.75) is 10.8 Å². The van der Waals surface area contributed by atoms with E-state index >= 15 is 0 Å². The number of anilines is 1. The molecule has 0 aliphatic rings. The molecule has 0 aliphatic heterocycles. The third-order valence-electron chi connectivity index (χ3n) is 5.38. The zero-order chi connectivity index (χ0) is 27.7.